The number of rotatable bonds is 2. The molecular weight excluding hydrogens is 216 g/mol. The van der Waals surface area contributed by atoms with Crippen molar-refractivity contribution in [1.82, 2.24) is 20.0 Å². The van der Waals surface area contributed by atoms with E-state index in [2.05, 4.69) is 25.4 Å². The molecule has 0 bridgehead atoms. The van der Waals surface area contributed by atoms with Crippen LogP contribution >= 0.6 is 11.6 Å². The van der Waals surface area contributed by atoms with Gasteiger partial charge in [0.15, 0.2) is 0 Å². The van der Waals surface area contributed by atoms with E-state index in [1.807, 2.05) is 0 Å². The lowest BCUT2D eigenvalue weighted by Gasteiger charge is -2.26. The Kier molecular flexibility index (Phi) is 3.17. The number of nitrogens with zero attached hydrogens (tertiary/aromatic N) is 4. The topological polar surface area (TPSA) is 80.0 Å². The Morgan fingerprint density at radius 2 is 1.87 bits per heavy atom. The molecule has 0 unspecified atom stereocenters. The first-order chi connectivity index (χ1) is 7.24. The van der Waals surface area contributed by atoms with Crippen LogP contribution in [0, 0.1) is 0 Å². The second kappa shape index (κ2) is 4.59. The number of hydrazine groups is 1. The van der Waals surface area contributed by atoms with Gasteiger partial charge in [-0.3, -0.25) is 5.43 Å². The van der Waals surface area contributed by atoms with Gasteiger partial charge < -0.3 is 5.73 Å². The normalized spacial score (nSPS) is 17.7. The Morgan fingerprint density at radius 1 is 1.13 bits per heavy atom. The van der Waals surface area contributed by atoms with Crippen LogP contribution in [0.15, 0.2) is 0 Å². The van der Waals surface area contributed by atoms with Gasteiger partial charge in [-0.05, 0) is 24.4 Å². The average molecular weight is 229 g/mol. The monoisotopic (exact) mass is 228 g/mol. The summed E-state index contributed by atoms with van der Waals surface area (Å²) in [6.45, 7) is 1.98. The summed E-state index contributed by atoms with van der Waals surface area (Å²) in [5.74, 6) is 0.545. The average Bonchev–Trinajstić information content (AvgIpc) is 2.17. The third-order valence-electron chi connectivity index (χ3n) is 2.24. The maximum Gasteiger partial charge on any atom is 0.243 e. The Hall–Kier alpha value is -1.14. The SMILES string of the molecule is Nc1nc(Cl)nc(NN2CCCCC2)n1. The van der Waals surface area contributed by atoms with Crippen molar-refractivity contribution < 1.29 is 0 Å². The number of piperidine rings is 1. The summed E-state index contributed by atoms with van der Waals surface area (Å²) < 4.78 is 0. The Bertz CT molecular complexity index is 318. The molecule has 1 fully saturated rings. The number of aromatic nitrogens is 3. The molecule has 1 aromatic heterocycles. The van der Waals surface area contributed by atoms with E-state index in [-0.39, 0.29) is 11.2 Å². The highest BCUT2D eigenvalue weighted by Gasteiger charge is 2.11. The summed E-state index contributed by atoms with van der Waals surface area (Å²) in [5, 5.41) is 2.18. The highest BCUT2D eigenvalue weighted by molar-refractivity contribution is 6.28. The number of nitrogens with one attached hydrogen (secondary N) is 1. The van der Waals surface area contributed by atoms with E-state index in [4.69, 9.17) is 17.3 Å². The molecule has 0 saturated carbocycles. The smallest absolute Gasteiger partial charge is 0.243 e. The first-order valence-electron chi connectivity index (χ1n) is 4.93. The molecule has 1 aliphatic rings. The zero-order valence-corrected chi connectivity index (χ0v) is 9.04. The van der Waals surface area contributed by atoms with Gasteiger partial charge in [0, 0.05) is 13.1 Å². The van der Waals surface area contributed by atoms with E-state index in [9.17, 15) is 0 Å². The van der Waals surface area contributed by atoms with Crippen molar-refractivity contribution in [1.29, 1.82) is 0 Å². The molecule has 0 radical (unpaired) electrons. The molecule has 82 valence electrons. The zero-order chi connectivity index (χ0) is 10.7. The van der Waals surface area contributed by atoms with E-state index in [1.165, 1.54) is 19.3 Å². The molecule has 2 heterocycles. The van der Waals surface area contributed by atoms with Gasteiger partial charge in [0.2, 0.25) is 17.2 Å². The number of anilines is 2. The van der Waals surface area contributed by atoms with Crippen LogP contribution in [-0.2, 0) is 0 Å². The molecule has 0 spiro atoms. The van der Waals surface area contributed by atoms with Gasteiger partial charge in [0.1, 0.15) is 0 Å². The minimum Gasteiger partial charge on any atom is -0.368 e. The van der Waals surface area contributed by atoms with Crippen LogP contribution < -0.4 is 11.2 Å². The first kappa shape index (κ1) is 10.4. The Labute approximate surface area is 92.8 Å². The number of hydrogen-bond acceptors (Lipinski definition) is 6. The molecule has 0 amide bonds. The van der Waals surface area contributed by atoms with Crippen molar-refractivity contribution in [3.63, 3.8) is 0 Å². The Morgan fingerprint density at radius 3 is 2.53 bits per heavy atom. The molecule has 3 N–H and O–H groups in total. The number of hydrogen-bond donors (Lipinski definition) is 2. The largest absolute Gasteiger partial charge is 0.368 e. The highest BCUT2D eigenvalue weighted by Crippen LogP contribution is 2.11. The maximum atomic E-state index is 5.67. The predicted molar refractivity (Wildman–Crippen MR) is 58.3 cm³/mol. The molecule has 6 nitrogen and oxygen atoms in total. The van der Waals surface area contributed by atoms with Crippen LogP contribution in [0.2, 0.25) is 5.28 Å². The van der Waals surface area contributed by atoms with E-state index < -0.39 is 0 Å². The zero-order valence-electron chi connectivity index (χ0n) is 8.28. The summed E-state index contributed by atoms with van der Waals surface area (Å²) in [5.41, 5.74) is 8.53. The lowest BCUT2D eigenvalue weighted by atomic mass is 10.2. The highest BCUT2D eigenvalue weighted by atomic mass is 35.5. The van der Waals surface area contributed by atoms with Crippen LogP contribution in [0.4, 0.5) is 11.9 Å². The van der Waals surface area contributed by atoms with Gasteiger partial charge in [-0.1, -0.05) is 6.42 Å². The summed E-state index contributed by atoms with van der Waals surface area (Å²) in [4.78, 5) is 11.6. The van der Waals surface area contributed by atoms with Crippen molar-refractivity contribution in [2.75, 3.05) is 24.2 Å². The minimum absolute atomic E-state index is 0.113. The molecule has 1 aromatic rings. The third kappa shape index (κ3) is 2.90. The van der Waals surface area contributed by atoms with Crippen molar-refractivity contribution in [3.8, 4) is 0 Å². The fourth-order valence-electron chi connectivity index (χ4n) is 1.56. The number of nitrogen functional groups attached to an aromatic ring is 1. The van der Waals surface area contributed by atoms with Crippen LogP contribution in [0.1, 0.15) is 19.3 Å². The van der Waals surface area contributed by atoms with Crippen LogP contribution in [0.25, 0.3) is 0 Å². The number of nitrogens with two attached hydrogens (primary N) is 1. The molecule has 7 heteroatoms. The molecule has 0 aromatic carbocycles. The molecule has 0 aliphatic carbocycles. The molecule has 1 saturated heterocycles. The third-order valence-corrected chi connectivity index (χ3v) is 2.41. The minimum atomic E-state index is 0.113. The fraction of sp³-hybridized carbons (Fsp3) is 0.625. The number of halogens is 1. The summed E-state index contributed by atoms with van der Waals surface area (Å²) in [6.07, 6.45) is 3.64. The van der Waals surface area contributed by atoms with Gasteiger partial charge in [-0.25, -0.2) is 5.01 Å². The van der Waals surface area contributed by atoms with E-state index >= 15 is 0 Å². The molecule has 15 heavy (non-hydrogen) atoms. The first-order valence-corrected chi connectivity index (χ1v) is 5.30. The maximum absolute atomic E-state index is 5.67. The molecule has 0 atom stereocenters. The van der Waals surface area contributed by atoms with Crippen LogP contribution in [-0.4, -0.2) is 33.1 Å². The van der Waals surface area contributed by atoms with Crippen molar-refractivity contribution in [2.45, 2.75) is 19.3 Å². The lowest BCUT2D eigenvalue weighted by molar-refractivity contribution is 0.271. The summed E-state index contributed by atoms with van der Waals surface area (Å²) >= 11 is 5.67. The standard InChI is InChI=1S/C8H13ClN6/c9-6-11-7(10)13-8(12-6)14-15-4-2-1-3-5-15/h1-5H2,(H3,10,11,12,13,14). The van der Waals surface area contributed by atoms with Crippen LogP contribution in [0.5, 0.6) is 0 Å². The lowest BCUT2D eigenvalue weighted by Crippen LogP contribution is -2.35. The molecule has 1 aliphatic heterocycles. The second-order valence-corrected chi connectivity index (χ2v) is 3.78. The van der Waals surface area contributed by atoms with Gasteiger partial charge >= 0.3 is 0 Å². The van der Waals surface area contributed by atoms with E-state index in [0.717, 1.165) is 13.1 Å². The molecule has 2 rings (SSSR count). The fourth-order valence-corrected chi connectivity index (χ4v) is 1.73. The quantitative estimate of drug-likeness (QED) is 0.784. The van der Waals surface area contributed by atoms with Crippen molar-refractivity contribution in [3.05, 3.63) is 5.28 Å². The second-order valence-electron chi connectivity index (χ2n) is 3.45. The van der Waals surface area contributed by atoms with Crippen molar-refractivity contribution in [2.24, 2.45) is 0 Å². The van der Waals surface area contributed by atoms with E-state index in [1.54, 1.807) is 0 Å². The van der Waals surface area contributed by atoms with E-state index in [0.29, 0.717) is 5.95 Å². The predicted octanol–water partition coefficient (Wildman–Crippen LogP) is 0.920. The van der Waals surface area contributed by atoms with Crippen molar-refractivity contribution >= 4 is 23.5 Å². The van der Waals surface area contributed by atoms with Crippen LogP contribution in [0.3, 0.4) is 0 Å². The van der Waals surface area contributed by atoms with Gasteiger partial charge in [0.25, 0.3) is 0 Å². The Balaban J connectivity index is 2.02. The summed E-state index contributed by atoms with van der Waals surface area (Å²) in [7, 11) is 0. The molecular formula is C8H13ClN6. The summed E-state index contributed by atoms with van der Waals surface area (Å²) in [6, 6.07) is 0. The van der Waals surface area contributed by atoms with Gasteiger partial charge in [-0.15, -0.1) is 0 Å². The van der Waals surface area contributed by atoms with Gasteiger partial charge in [0.05, 0.1) is 0 Å². The van der Waals surface area contributed by atoms with Gasteiger partial charge in [-0.2, -0.15) is 15.0 Å².